The molecule has 2 rings (SSSR count). The molecule has 18 heavy (non-hydrogen) atoms. The van der Waals surface area contributed by atoms with E-state index >= 15 is 0 Å². The van der Waals surface area contributed by atoms with Gasteiger partial charge in [-0.2, -0.15) is 0 Å². The second-order valence-electron chi connectivity index (χ2n) is 5.58. The molecular weight excluding hydrogens is 242 g/mol. The van der Waals surface area contributed by atoms with Crippen molar-refractivity contribution in [2.75, 3.05) is 11.4 Å². The Hall–Kier alpha value is -0.610. The van der Waals surface area contributed by atoms with Crippen molar-refractivity contribution in [3.63, 3.8) is 0 Å². The highest BCUT2D eigenvalue weighted by molar-refractivity contribution is 7.15. The lowest BCUT2D eigenvalue weighted by Crippen LogP contribution is -2.37. The Balaban J connectivity index is 2.07. The molecule has 1 aromatic rings. The summed E-state index contributed by atoms with van der Waals surface area (Å²) in [6.07, 6.45) is 3.98. The van der Waals surface area contributed by atoms with Gasteiger partial charge in [0.1, 0.15) is 0 Å². The van der Waals surface area contributed by atoms with Gasteiger partial charge in [-0.15, -0.1) is 11.3 Å². The van der Waals surface area contributed by atoms with Crippen molar-refractivity contribution in [2.45, 2.75) is 65.6 Å². The predicted octanol–water partition coefficient (Wildman–Crippen LogP) is 3.33. The van der Waals surface area contributed by atoms with Crippen LogP contribution in [0.4, 0.5) is 5.13 Å². The van der Waals surface area contributed by atoms with E-state index in [0.29, 0.717) is 12.1 Å². The van der Waals surface area contributed by atoms with Crippen LogP contribution in [0.3, 0.4) is 0 Å². The molecule has 1 aliphatic heterocycles. The Kier molecular flexibility index (Phi) is 4.62. The van der Waals surface area contributed by atoms with E-state index in [-0.39, 0.29) is 0 Å². The number of anilines is 1. The predicted molar refractivity (Wildman–Crippen MR) is 79.5 cm³/mol. The van der Waals surface area contributed by atoms with Crippen LogP contribution in [0.1, 0.15) is 50.6 Å². The summed E-state index contributed by atoms with van der Waals surface area (Å²) >= 11 is 1.86. The highest BCUT2D eigenvalue weighted by atomic mass is 32.1. The third-order valence-electron chi connectivity index (χ3n) is 3.60. The van der Waals surface area contributed by atoms with Crippen molar-refractivity contribution < 1.29 is 0 Å². The van der Waals surface area contributed by atoms with Gasteiger partial charge in [0.2, 0.25) is 0 Å². The summed E-state index contributed by atoms with van der Waals surface area (Å²) in [6, 6.07) is 1.18. The standard InChI is InChI=1S/C14H25N3S/c1-10(2)15-9-13-12(4)16-14(18-13)17-8-6-5-7-11(17)3/h10-11,15H,5-9H2,1-4H3. The number of aryl methyl sites for hydroxylation is 1. The van der Waals surface area contributed by atoms with Gasteiger partial charge in [-0.25, -0.2) is 4.98 Å². The van der Waals surface area contributed by atoms with Crippen molar-refractivity contribution in [2.24, 2.45) is 0 Å². The molecule has 1 unspecified atom stereocenters. The Morgan fingerprint density at radius 1 is 1.44 bits per heavy atom. The molecular formula is C14H25N3S. The van der Waals surface area contributed by atoms with Gasteiger partial charge in [0.15, 0.2) is 5.13 Å². The minimum Gasteiger partial charge on any atom is -0.345 e. The zero-order valence-corrected chi connectivity index (χ0v) is 12.8. The quantitative estimate of drug-likeness (QED) is 0.907. The Morgan fingerprint density at radius 2 is 2.22 bits per heavy atom. The molecule has 0 spiro atoms. The fourth-order valence-electron chi connectivity index (χ4n) is 2.38. The Bertz CT molecular complexity index is 386. The van der Waals surface area contributed by atoms with Crippen molar-refractivity contribution >= 4 is 16.5 Å². The summed E-state index contributed by atoms with van der Waals surface area (Å²) in [5.74, 6) is 0. The van der Waals surface area contributed by atoms with Gasteiger partial charge in [-0.3, -0.25) is 0 Å². The monoisotopic (exact) mass is 267 g/mol. The summed E-state index contributed by atoms with van der Waals surface area (Å²) in [4.78, 5) is 8.64. The number of hydrogen-bond acceptors (Lipinski definition) is 4. The topological polar surface area (TPSA) is 28.2 Å². The summed E-state index contributed by atoms with van der Waals surface area (Å²) < 4.78 is 0. The summed E-state index contributed by atoms with van der Waals surface area (Å²) in [6.45, 7) is 10.9. The molecule has 102 valence electrons. The molecule has 1 atom stereocenters. The van der Waals surface area contributed by atoms with E-state index in [0.717, 1.165) is 6.54 Å². The molecule has 0 aromatic carbocycles. The molecule has 2 heterocycles. The lowest BCUT2D eigenvalue weighted by atomic mass is 10.1. The van der Waals surface area contributed by atoms with Crippen molar-refractivity contribution in [1.82, 2.24) is 10.3 Å². The molecule has 0 aliphatic carbocycles. The molecule has 1 aliphatic rings. The van der Waals surface area contributed by atoms with E-state index < -0.39 is 0 Å². The van der Waals surface area contributed by atoms with Crippen LogP contribution in [-0.2, 0) is 6.54 Å². The van der Waals surface area contributed by atoms with Gasteiger partial charge in [0.25, 0.3) is 0 Å². The van der Waals surface area contributed by atoms with Crippen LogP contribution in [0.15, 0.2) is 0 Å². The number of nitrogens with zero attached hydrogens (tertiary/aromatic N) is 2. The molecule has 1 N–H and O–H groups in total. The second-order valence-corrected chi connectivity index (χ2v) is 6.64. The van der Waals surface area contributed by atoms with Gasteiger partial charge in [0, 0.05) is 30.1 Å². The SMILES string of the molecule is Cc1nc(N2CCCCC2C)sc1CNC(C)C. The first-order valence-corrected chi connectivity index (χ1v) is 7.86. The van der Waals surface area contributed by atoms with E-state index in [2.05, 4.69) is 37.9 Å². The molecule has 3 nitrogen and oxygen atoms in total. The summed E-state index contributed by atoms with van der Waals surface area (Å²) in [5, 5.41) is 4.70. The number of aromatic nitrogens is 1. The highest BCUT2D eigenvalue weighted by Crippen LogP contribution is 2.30. The van der Waals surface area contributed by atoms with E-state index in [1.165, 1.54) is 41.5 Å². The van der Waals surface area contributed by atoms with Crippen LogP contribution >= 0.6 is 11.3 Å². The van der Waals surface area contributed by atoms with Gasteiger partial charge in [-0.05, 0) is 33.1 Å². The molecule has 1 saturated heterocycles. The fraction of sp³-hybridized carbons (Fsp3) is 0.786. The lowest BCUT2D eigenvalue weighted by Gasteiger charge is -2.33. The van der Waals surface area contributed by atoms with E-state index in [1.807, 2.05) is 11.3 Å². The van der Waals surface area contributed by atoms with Gasteiger partial charge < -0.3 is 10.2 Å². The number of hydrogen-bond donors (Lipinski definition) is 1. The second kappa shape index (κ2) is 6.02. The first kappa shape index (κ1) is 13.8. The average molecular weight is 267 g/mol. The van der Waals surface area contributed by atoms with Crippen LogP contribution in [0.5, 0.6) is 0 Å². The maximum atomic E-state index is 4.77. The number of nitrogens with one attached hydrogen (secondary N) is 1. The zero-order chi connectivity index (χ0) is 13.1. The minimum absolute atomic E-state index is 0.531. The Morgan fingerprint density at radius 3 is 2.89 bits per heavy atom. The highest BCUT2D eigenvalue weighted by Gasteiger charge is 2.22. The van der Waals surface area contributed by atoms with Crippen LogP contribution in [0.25, 0.3) is 0 Å². The van der Waals surface area contributed by atoms with Crippen molar-refractivity contribution in [1.29, 1.82) is 0 Å². The third-order valence-corrected chi connectivity index (χ3v) is 4.80. The molecule has 1 fully saturated rings. The van der Waals surface area contributed by atoms with Crippen LogP contribution < -0.4 is 10.2 Å². The van der Waals surface area contributed by atoms with E-state index in [9.17, 15) is 0 Å². The Labute approximate surface area is 115 Å². The number of piperidine rings is 1. The molecule has 0 amide bonds. The fourth-order valence-corrected chi connectivity index (χ4v) is 3.52. The van der Waals surface area contributed by atoms with Crippen LogP contribution in [-0.4, -0.2) is 23.6 Å². The van der Waals surface area contributed by atoms with Gasteiger partial charge in [-0.1, -0.05) is 13.8 Å². The van der Waals surface area contributed by atoms with Crippen molar-refractivity contribution in [3.8, 4) is 0 Å². The van der Waals surface area contributed by atoms with E-state index in [1.54, 1.807) is 0 Å². The van der Waals surface area contributed by atoms with E-state index in [4.69, 9.17) is 4.98 Å². The minimum atomic E-state index is 0.531. The van der Waals surface area contributed by atoms with Crippen LogP contribution in [0, 0.1) is 6.92 Å². The first-order valence-electron chi connectivity index (χ1n) is 7.04. The first-order chi connectivity index (χ1) is 8.58. The number of thiazole rings is 1. The molecule has 0 bridgehead atoms. The largest absolute Gasteiger partial charge is 0.345 e. The maximum Gasteiger partial charge on any atom is 0.186 e. The zero-order valence-electron chi connectivity index (χ0n) is 12.0. The normalized spacial score (nSPS) is 20.7. The lowest BCUT2D eigenvalue weighted by molar-refractivity contribution is 0.484. The molecule has 0 radical (unpaired) electrons. The molecule has 1 aromatic heterocycles. The smallest absolute Gasteiger partial charge is 0.186 e. The maximum absolute atomic E-state index is 4.77. The molecule has 4 heteroatoms. The van der Waals surface area contributed by atoms with Crippen LogP contribution in [0.2, 0.25) is 0 Å². The molecule has 0 saturated carbocycles. The van der Waals surface area contributed by atoms with Crippen molar-refractivity contribution in [3.05, 3.63) is 10.6 Å². The summed E-state index contributed by atoms with van der Waals surface area (Å²) in [5.41, 5.74) is 1.20. The summed E-state index contributed by atoms with van der Waals surface area (Å²) in [7, 11) is 0. The van der Waals surface area contributed by atoms with Gasteiger partial charge in [0.05, 0.1) is 5.69 Å². The van der Waals surface area contributed by atoms with Gasteiger partial charge >= 0.3 is 0 Å². The third kappa shape index (κ3) is 3.23. The average Bonchev–Trinajstić information content (AvgIpc) is 2.68. The number of rotatable bonds is 4.